The molecule has 0 bridgehead atoms. The fraction of sp³-hybridized carbons (Fsp3) is 0.471. The van der Waals surface area contributed by atoms with Crippen LogP contribution in [-0.2, 0) is 14.3 Å². The van der Waals surface area contributed by atoms with Crippen molar-refractivity contribution in [2.45, 2.75) is 18.9 Å². The number of carbonyl (C=O) groups excluding carboxylic acids is 2. The van der Waals surface area contributed by atoms with Crippen LogP contribution in [0, 0.1) is 6.92 Å². The van der Waals surface area contributed by atoms with Crippen LogP contribution in [0.2, 0.25) is 0 Å². The highest BCUT2D eigenvalue weighted by Gasteiger charge is 2.40. The van der Waals surface area contributed by atoms with Crippen LogP contribution in [0.25, 0.3) is 5.65 Å². The van der Waals surface area contributed by atoms with Crippen LogP contribution in [0.1, 0.15) is 22.5 Å². The number of imidazole rings is 1. The zero-order valence-corrected chi connectivity index (χ0v) is 14.4. The molecule has 0 unspecified atom stereocenters. The Labute approximate surface area is 145 Å². The summed E-state index contributed by atoms with van der Waals surface area (Å²) >= 11 is 0. The molecule has 0 spiro atoms. The summed E-state index contributed by atoms with van der Waals surface area (Å²) in [6.45, 7) is 3.14. The summed E-state index contributed by atoms with van der Waals surface area (Å²) in [5.74, 6) is -0.691. The first-order valence-electron chi connectivity index (χ1n) is 8.08. The molecule has 0 saturated carbocycles. The molecule has 8 heteroatoms. The molecule has 1 aliphatic rings. The first kappa shape index (κ1) is 17.4. The summed E-state index contributed by atoms with van der Waals surface area (Å²) in [5.41, 5.74) is 6.58. The number of nitrogens with two attached hydrogens (primary N) is 1. The number of morpholine rings is 1. The van der Waals surface area contributed by atoms with Crippen LogP contribution in [0.3, 0.4) is 0 Å². The average Bonchev–Trinajstić information content (AvgIpc) is 2.96. The lowest BCUT2D eigenvalue weighted by Gasteiger charge is -2.41. The smallest absolute Gasteiger partial charge is 0.274 e. The molecule has 1 aliphatic heterocycles. The third-order valence-corrected chi connectivity index (χ3v) is 4.26. The Morgan fingerprint density at radius 2 is 2.20 bits per heavy atom. The predicted octanol–water partition coefficient (Wildman–Crippen LogP) is 0.376. The second-order valence-corrected chi connectivity index (χ2v) is 6.43. The molecule has 2 N–H and O–H groups in total. The van der Waals surface area contributed by atoms with Gasteiger partial charge in [-0.1, -0.05) is 6.07 Å². The van der Waals surface area contributed by atoms with E-state index in [4.69, 9.17) is 15.2 Å². The summed E-state index contributed by atoms with van der Waals surface area (Å²) in [5, 5.41) is 0. The van der Waals surface area contributed by atoms with Crippen LogP contribution in [0.4, 0.5) is 0 Å². The number of hydrogen-bond donors (Lipinski definition) is 1. The molecule has 1 fully saturated rings. The number of primary amides is 1. The lowest BCUT2D eigenvalue weighted by Crippen LogP contribution is -2.57. The van der Waals surface area contributed by atoms with Crippen molar-refractivity contribution >= 4 is 17.5 Å². The Balaban J connectivity index is 1.83. The van der Waals surface area contributed by atoms with Gasteiger partial charge in [0.2, 0.25) is 5.91 Å². The van der Waals surface area contributed by atoms with E-state index in [1.807, 2.05) is 29.7 Å². The van der Waals surface area contributed by atoms with Gasteiger partial charge in [0.05, 0.1) is 26.2 Å². The zero-order chi connectivity index (χ0) is 18.0. The van der Waals surface area contributed by atoms with Gasteiger partial charge in [-0.25, -0.2) is 4.98 Å². The number of fused-ring (bicyclic) bond motifs is 1. The van der Waals surface area contributed by atoms with E-state index in [9.17, 15) is 9.59 Å². The number of aryl methyl sites for hydroxylation is 1. The number of rotatable bonds is 5. The maximum atomic E-state index is 12.9. The Morgan fingerprint density at radius 1 is 1.40 bits per heavy atom. The van der Waals surface area contributed by atoms with Crippen molar-refractivity contribution in [3.8, 4) is 0 Å². The lowest BCUT2D eigenvalue weighted by molar-refractivity contribution is -0.148. The van der Waals surface area contributed by atoms with Gasteiger partial charge in [0.15, 0.2) is 0 Å². The van der Waals surface area contributed by atoms with E-state index in [2.05, 4.69) is 4.98 Å². The van der Waals surface area contributed by atoms with Crippen LogP contribution in [0.5, 0.6) is 0 Å². The molecule has 2 amide bonds. The van der Waals surface area contributed by atoms with Crippen molar-refractivity contribution < 1.29 is 19.1 Å². The minimum Gasteiger partial charge on any atom is -0.382 e. The maximum Gasteiger partial charge on any atom is 0.274 e. The van der Waals surface area contributed by atoms with E-state index in [1.165, 1.54) is 7.11 Å². The van der Waals surface area contributed by atoms with Crippen LogP contribution < -0.4 is 5.73 Å². The van der Waals surface area contributed by atoms with Crippen molar-refractivity contribution in [1.82, 2.24) is 14.3 Å². The van der Waals surface area contributed by atoms with Gasteiger partial charge in [0, 0.05) is 26.0 Å². The standard InChI is InChI=1S/C17H22N4O4/c1-12-3-4-15-19-13(9-21(15)8-12)16(23)20-5-6-25-17(10-20,11-24-2)7-14(18)22/h3-4,8-9H,5-7,10-11H2,1-2H3,(H2,18,22)/t17-/m1/s1. The molecule has 134 valence electrons. The molecular weight excluding hydrogens is 324 g/mol. The van der Waals surface area contributed by atoms with Gasteiger partial charge < -0.3 is 24.5 Å². The van der Waals surface area contributed by atoms with Crippen LogP contribution >= 0.6 is 0 Å². The minimum absolute atomic E-state index is 0.00498. The molecule has 1 atom stereocenters. The first-order chi connectivity index (χ1) is 11.9. The number of nitrogens with zero attached hydrogens (tertiary/aromatic N) is 3. The Morgan fingerprint density at radius 3 is 2.92 bits per heavy atom. The molecule has 8 nitrogen and oxygen atoms in total. The number of aromatic nitrogens is 2. The highest BCUT2D eigenvalue weighted by molar-refractivity contribution is 5.93. The number of methoxy groups -OCH3 is 1. The van der Waals surface area contributed by atoms with E-state index in [-0.39, 0.29) is 25.5 Å². The monoisotopic (exact) mass is 346 g/mol. The molecule has 0 aromatic carbocycles. The SMILES string of the molecule is COC[C@@]1(CC(N)=O)CN(C(=O)c2cn3cc(C)ccc3n2)CCO1. The summed E-state index contributed by atoms with van der Waals surface area (Å²) in [7, 11) is 1.53. The normalized spacial score (nSPS) is 20.8. The van der Waals surface area contributed by atoms with E-state index < -0.39 is 11.5 Å². The highest BCUT2D eigenvalue weighted by Crippen LogP contribution is 2.24. The number of ether oxygens (including phenoxy) is 2. The van der Waals surface area contributed by atoms with Crippen molar-refractivity contribution in [3.05, 3.63) is 35.8 Å². The van der Waals surface area contributed by atoms with Gasteiger partial charge in [0.25, 0.3) is 5.91 Å². The molecule has 25 heavy (non-hydrogen) atoms. The second kappa shape index (κ2) is 6.81. The van der Waals surface area contributed by atoms with E-state index in [0.29, 0.717) is 24.5 Å². The fourth-order valence-corrected chi connectivity index (χ4v) is 3.21. The fourth-order valence-electron chi connectivity index (χ4n) is 3.21. The van der Waals surface area contributed by atoms with Crippen LogP contribution in [-0.4, -0.2) is 65.1 Å². The van der Waals surface area contributed by atoms with Gasteiger partial charge >= 0.3 is 0 Å². The van der Waals surface area contributed by atoms with E-state index >= 15 is 0 Å². The summed E-state index contributed by atoms with van der Waals surface area (Å²) in [6, 6.07) is 3.82. The zero-order valence-electron chi connectivity index (χ0n) is 14.4. The Hall–Kier alpha value is -2.45. The van der Waals surface area contributed by atoms with E-state index in [0.717, 1.165) is 5.56 Å². The van der Waals surface area contributed by atoms with Crippen molar-refractivity contribution in [2.24, 2.45) is 5.73 Å². The van der Waals surface area contributed by atoms with E-state index in [1.54, 1.807) is 11.1 Å². The van der Waals surface area contributed by atoms with Crippen molar-refractivity contribution in [2.75, 3.05) is 33.4 Å². The summed E-state index contributed by atoms with van der Waals surface area (Å²) < 4.78 is 12.8. The second-order valence-electron chi connectivity index (χ2n) is 6.43. The molecule has 3 rings (SSSR count). The molecule has 2 aromatic heterocycles. The largest absolute Gasteiger partial charge is 0.382 e. The van der Waals surface area contributed by atoms with Crippen molar-refractivity contribution in [3.63, 3.8) is 0 Å². The first-order valence-corrected chi connectivity index (χ1v) is 8.08. The molecule has 2 aromatic rings. The number of amides is 2. The third kappa shape index (κ3) is 3.64. The predicted molar refractivity (Wildman–Crippen MR) is 90.2 cm³/mol. The van der Waals surface area contributed by atoms with Gasteiger partial charge in [-0.05, 0) is 18.6 Å². The van der Waals surface area contributed by atoms with Gasteiger partial charge in [-0.3, -0.25) is 9.59 Å². The topological polar surface area (TPSA) is 99.2 Å². The summed E-state index contributed by atoms with van der Waals surface area (Å²) in [4.78, 5) is 30.3. The van der Waals surface area contributed by atoms with Gasteiger partial charge in [-0.15, -0.1) is 0 Å². The summed E-state index contributed by atoms with van der Waals surface area (Å²) in [6.07, 6.45) is 3.63. The number of pyridine rings is 1. The Kier molecular flexibility index (Phi) is 4.73. The molecular formula is C17H22N4O4. The highest BCUT2D eigenvalue weighted by atomic mass is 16.5. The molecule has 3 heterocycles. The van der Waals surface area contributed by atoms with Crippen molar-refractivity contribution in [1.29, 1.82) is 0 Å². The Bertz CT molecular complexity index is 799. The quantitative estimate of drug-likeness (QED) is 0.843. The average molecular weight is 346 g/mol. The van der Waals surface area contributed by atoms with Crippen LogP contribution in [0.15, 0.2) is 24.5 Å². The minimum atomic E-state index is -0.912. The lowest BCUT2D eigenvalue weighted by atomic mass is 9.97. The third-order valence-electron chi connectivity index (χ3n) is 4.26. The molecule has 0 radical (unpaired) electrons. The number of carbonyl (C=O) groups is 2. The van der Waals surface area contributed by atoms with Gasteiger partial charge in [0.1, 0.15) is 16.9 Å². The van der Waals surface area contributed by atoms with Gasteiger partial charge in [-0.2, -0.15) is 0 Å². The number of hydrogen-bond acceptors (Lipinski definition) is 5. The molecule has 0 aliphatic carbocycles. The molecule has 1 saturated heterocycles. The maximum absolute atomic E-state index is 12.9.